The fourth-order valence-corrected chi connectivity index (χ4v) is 2.68. The van der Waals surface area contributed by atoms with Crippen LogP contribution in [0.3, 0.4) is 0 Å². The van der Waals surface area contributed by atoms with Crippen molar-refractivity contribution in [3.63, 3.8) is 0 Å². The third kappa shape index (κ3) is 3.36. The highest BCUT2D eigenvalue weighted by molar-refractivity contribution is 7.99. The maximum absolute atomic E-state index is 11.0. The van der Waals surface area contributed by atoms with Crippen molar-refractivity contribution in [1.29, 1.82) is 0 Å². The molecule has 10 heteroatoms. The molecule has 0 aliphatic rings. The zero-order valence-corrected chi connectivity index (χ0v) is 11.8. The van der Waals surface area contributed by atoms with Gasteiger partial charge in [-0.2, -0.15) is 4.98 Å². The van der Waals surface area contributed by atoms with Gasteiger partial charge in [-0.05, 0) is 11.6 Å². The van der Waals surface area contributed by atoms with Crippen LogP contribution < -0.4 is 5.32 Å². The van der Waals surface area contributed by atoms with E-state index >= 15 is 0 Å². The van der Waals surface area contributed by atoms with E-state index < -0.39 is 17.9 Å². The summed E-state index contributed by atoms with van der Waals surface area (Å²) < 4.78 is 0. The van der Waals surface area contributed by atoms with Crippen LogP contribution in [-0.2, 0) is 9.59 Å². The van der Waals surface area contributed by atoms with E-state index in [1.807, 2.05) is 0 Å². The zero-order chi connectivity index (χ0) is 14.7. The van der Waals surface area contributed by atoms with E-state index in [0.717, 1.165) is 11.8 Å². The van der Waals surface area contributed by atoms with Crippen LogP contribution in [0, 0.1) is 0 Å². The molecule has 0 radical (unpaired) electrons. The van der Waals surface area contributed by atoms with Gasteiger partial charge in [0.05, 0.1) is 6.33 Å². The third-order valence-corrected chi connectivity index (χ3v) is 3.53. The molecular weight excluding hydrogens is 306 g/mol. The number of aromatic nitrogens is 4. The molecule has 1 unspecified atom stereocenters. The summed E-state index contributed by atoms with van der Waals surface area (Å²) >= 11 is 6.91. The number of amides is 1. The van der Waals surface area contributed by atoms with Gasteiger partial charge in [-0.3, -0.25) is 4.79 Å². The fraction of sp³-hybridized carbons (Fsp3) is 0.300. The topological polar surface area (TPSA) is 121 Å². The van der Waals surface area contributed by atoms with Gasteiger partial charge in [-0.1, -0.05) is 0 Å². The van der Waals surface area contributed by atoms with Crippen molar-refractivity contribution >= 4 is 46.4 Å². The van der Waals surface area contributed by atoms with E-state index in [2.05, 4.69) is 25.3 Å². The number of thioether (sulfide) groups is 1. The number of carbonyl (C=O) groups excluding carboxylic acids is 1. The number of carboxylic acids is 1. The molecule has 3 N–H and O–H groups in total. The number of hydrogen-bond donors (Lipinski definition) is 3. The van der Waals surface area contributed by atoms with E-state index in [1.165, 1.54) is 13.3 Å². The van der Waals surface area contributed by atoms with Crippen LogP contribution in [0.5, 0.6) is 0 Å². The largest absolute Gasteiger partial charge is 0.480 e. The summed E-state index contributed by atoms with van der Waals surface area (Å²) in [5.41, 5.74) is 0.977. The van der Waals surface area contributed by atoms with E-state index in [1.54, 1.807) is 0 Å². The molecule has 8 nitrogen and oxygen atoms in total. The van der Waals surface area contributed by atoms with Crippen molar-refractivity contribution in [2.45, 2.75) is 18.0 Å². The molecule has 0 aliphatic carbocycles. The van der Waals surface area contributed by atoms with Gasteiger partial charge < -0.3 is 15.4 Å². The number of aromatic amines is 1. The van der Waals surface area contributed by atoms with E-state index in [9.17, 15) is 9.59 Å². The number of hydrogen-bond acceptors (Lipinski definition) is 6. The highest BCUT2D eigenvalue weighted by Crippen LogP contribution is 2.24. The first-order valence-corrected chi connectivity index (χ1v) is 6.83. The van der Waals surface area contributed by atoms with Crippen molar-refractivity contribution in [3.05, 3.63) is 11.6 Å². The quantitative estimate of drug-likeness (QED) is 0.421. The lowest BCUT2D eigenvalue weighted by Gasteiger charge is -2.12. The van der Waals surface area contributed by atoms with Crippen LogP contribution in [0.25, 0.3) is 11.2 Å². The van der Waals surface area contributed by atoms with Crippen molar-refractivity contribution < 1.29 is 14.7 Å². The Balaban J connectivity index is 2.17. The Labute approximate surface area is 122 Å². The number of H-pyrrole nitrogens is 1. The molecule has 0 saturated heterocycles. The first kappa shape index (κ1) is 14.5. The number of imidazole rings is 1. The Morgan fingerprint density at radius 2 is 2.30 bits per heavy atom. The number of rotatable bonds is 5. The smallest absolute Gasteiger partial charge is 0.327 e. The van der Waals surface area contributed by atoms with Crippen molar-refractivity contribution in [2.75, 3.05) is 5.75 Å². The van der Waals surface area contributed by atoms with Gasteiger partial charge >= 0.3 is 5.97 Å². The lowest BCUT2D eigenvalue weighted by Crippen LogP contribution is -2.41. The number of aliphatic carboxylic acids is 1. The fourth-order valence-electron chi connectivity index (χ4n) is 1.47. The summed E-state index contributed by atoms with van der Waals surface area (Å²) in [7, 11) is 0. The summed E-state index contributed by atoms with van der Waals surface area (Å²) in [6.45, 7) is 1.26. The maximum Gasteiger partial charge on any atom is 0.327 e. The molecular formula is C10H10ClN5O3S. The Hall–Kier alpha value is -1.87. The Kier molecular flexibility index (Phi) is 4.40. The van der Waals surface area contributed by atoms with E-state index in [-0.39, 0.29) is 11.0 Å². The van der Waals surface area contributed by atoms with Crippen LogP contribution in [0.15, 0.2) is 11.4 Å². The number of nitrogens with one attached hydrogen (secondary N) is 2. The second-order valence-electron chi connectivity index (χ2n) is 3.80. The molecule has 0 fully saturated rings. The van der Waals surface area contributed by atoms with Gasteiger partial charge in [0.2, 0.25) is 11.2 Å². The molecule has 1 amide bonds. The predicted molar refractivity (Wildman–Crippen MR) is 72.7 cm³/mol. The summed E-state index contributed by atoms with van der Waals surface area (Å²) in [5.74, 6) is -1.42. The molecule has 0 bridgehead atoms. The first-order valence-electron chi connectivity index (χ1n) is 5.46. The molecule has 0 saturated carbocycles. The lowest BCUT2D eigenvalue weighted by molar-refractivity contribution is -0.140. The maximum atomic E-state index is 11.0. The first-order chi connectivity index (χ1) is 9.47. The Morgan fingerprint density at radius 1 is 1.55 bits per heavy atom. The summed E-state index contributed by atoms with van der Waals surface area (Å²) in [4.78, 5) is 36.7. The normalized spacial score (nSPS) is 12.3. The Morgan fingerprint density at radius 3 is 2.95 bits per heavy atom. The molecule has 2 rings (SSSR count). The van der Waals surface area contributed by atoms with E-state index in [0.29, 0.717) is 16.2 Å². The van der Waals surface area contributed by atoms with Crippen molar-refractivity contribution in [1.82, 2.24) is 25.3 Å². The van der Waals surface area contributed by atoms with Gasteiger partial charge in [0, 0.05) is 12.7 Å². The van der Waals surface area contributed by atoms with Crippen molar-refractivity contribution in [2.24, 2.45) is 0 Å². The minimum atomic E-state index is -1.12. The monoisotopic (exact) mass is 315 g/mol. The summed E-state index contributed by atoms with van der Waals surface area (Å²) in [6, 6.07) is -1.01. The SMILES string of the molecule is CC(=O)NC(CSc1nc(Cl)nc2nc[nH]c12)C(=O)O. The highest BCUT2D eigenvalue weighted by Gasteiger charge is 2.20. The molecule has 20 heavy (non-hydrogen) atoms. The van der Waals surface area contributed by atoms with Crippen LogP contribution in [0.2, 0.25) is 5.28 Å². The lowest BCUT2D eigenvalue weighted by atomic mass is 10.3. The minimum absolute atomic E-state index is 0.0264. The second-order valence-corrected chi connectivity index (χ2v) is 5.15. The van der Waals surface area contributed by atoms with Gasteiger partial charge in [-0.25, -0.2) is 14.8 Å². The number of carbonyl (C=O) groups is 2. The standard InChI is InChI=1S/C10H10ClN5O3S/c1-4(17)14-5(9(18)19)2-20-8-6-7(13-3-12-6)15-10(11)16-8/h3,5H,2H2,1H3,(H,14,17)(H,18,19)(H,12,13,15,16). The summed E-state index contributed by atoms with van der Waals surface area (Å²) in [5, 5.41) is 11.9. The number of carboxylic acid groups (broad SMARTS) is 1. The number of fused-ring (bicyclic) bond motifs is 1. The van der Waals surface area contributed by atoms with E-state index in [4.69, 9.17) is 16.7 Å². The Bertz CT molecular complexity index is 661. The molecule has 0 aliphatic heterocycles. The average molecular weight is 316 g/mol. The van der Waals surface area contributed by atoms with Crippen LogP contribution >= 0.6 is 23.4 Å². The molecule has 1 atom stereocenters. The molecule has 0 aromatic carbocycles. The molecule has 106 valence electrons. The molecule has 0 spiro atoms. The number of nitrogens with zero attached hydrogens (tertiary/aromatic N) is 3. The second kappa shape index (κ2) is 6.06. The van der Waals surface area contributed by atoms with Gasteiger partial charge in [-0.15, -0.1) is 11.8 Å². The van der Waals surface area contributed by atoms with Gasteiger partial charge in [0.25, 0.3) is 0 Å². The van der Waals surface area contributed by atoms with Gasteiger partial charge in [0.15, 0.2) is 5.65 Å². The summed E-state index contributed by atoms with van der Waals surface area (Å²) in [6.07, 6.45) is 1.45. The van der Waals surface area contributed by atoms with Crippen LogP contribution in [-0.4, -0.2) is 48.7 Å². The van der Waals surface area contributed by atoms with Gasteiger partial charge in [0.1, 0.15) is 16.6 Å². The van der Waals surface area contributed by atoms with Crippen molar-refractivity contribution in [3.8, 4) is 0 Å². The zero-order valence-electron chi connectivity index (χ0n) is 10.3. The average Bonchev–Trinajstić information content (AvgIpc) is 2.81. The van der Waals surface area contributed by atoms with Crippen LogP contribution in [0.1, 0.15) is 6.92 Å². The highest BCUT2D eigenvalue weighted by atomic mass is 35.5. The number of halogens is 1. The van der Waals surface area contributed by atoms with Crippen LogP contribution in [0.4, 0.5) is 0 Å². The predicted octanol–water partition coefficient (Wildman–Crippen LogP) is 0.688. The minimum Gasteiger partial charge on any atom is -0.480 e. The molecule has 2 aromatic heterocycles. The third-order valence-electron chi connectivity index (χ3n) is 2.29. The molecule has 2 heterocycles. The molecule has 2 aromatic rings.